The van der Waals surface area contributed by atoms with Gasteiger partial charge in [0.1, 0.15) is 28.7 Å². The number of aromatic nitrogens is 1. The fourth-order valence-corrected chi connectivity index (χ4v) is 3.59. The zero-order valence-corrected chi connectivity index (χ0v) is 17.6. The molecule has 2 aromatic carbocycles. The van der Waals surface area contributed by atoms with Crippen LogP contribution in [0.1, 0.15) is 35.0 Å². The molecular formula is C24H20N2O5. The number of pyridine rings is 1. The first kappa shape index (κ1) is 20.2. The van der Waals surface area contributed by atoms with Crippen molar-refractivity contribution in [3.63, 3.8) is 0 Å². The molecule has 0 spiro atoms. The highest BCUT2D eigenvalue weighted by Crippen LogP contribution is 2.39. The molecule has 4 aromatic rings. The van der Waals surface area contributed by atoms with Crippen LogP contribution in [0.15, 0.2) is 40.9 Å². The summed E-state index contributed by atoms with van der Waals surface area (Å²) < 4.78 is 22.7. The largest absolute Gasteiger partial charge is 0.493 e. The first-order chi connectivity index (χ1) is 15.0. The summed E-state index contributed by atoms with van der Waals surface area (Å²) in [6.45, 7) is 3.59. The molecule has 7 heteroatoms. The smallest absolute Gasteiger partial charge is 0.166 e. The van der Waals surface area contributed by atoms with Crippen molar-refractivity contribution in [1.82, 2.24) is 4.98 Å². The summed E-state index contributed by atoms with van der Waals surface area (Å²) in [7, 11) is 3.08. The fourth-order valence-electron chi connectivity index (χ4n) is 3.59. The lowest BCUT2D eigenvalue weighted by Gasteiger charge is -2.13. The highest BCUT2D eigenvalue weighted by Gasteiger charge is 2.19. The second kappa shape index (κ2) is 8.00. The van der Waals surface area contributed by atoms with Crippen molar-refractivity contribution in [3.05, 3.63) is 53.4 Å². The highest BCUT2D eigenvalue weighted by molar-refractivity contribution is 6.08. The third-order valence-corrected chi connectivity index (χ3v) is 5.10. The first-order valence-electron chi connectivity index (χ1n) is 9.69. The number of ether oxygens (including phenoxy) is 3. The van der Waals surface area contributed by atoms with Crippen LogP contribution in [0.2, 0.25) is 0 Å². The number of methoxy groups -OCH3 is 2. The minimum atomic E-state index is 0.0258. The third kappa shape index (κ3) is 3.42. The number of nitrogens with zero attached hydrogens (tertiary/aromatic N) is 2. The summed E-state index contributed by atoms with van der Waals surface area (Å²) in [5.41, 5.74) is 2.01. The average Bonchev–Trinajstić information content (AvgIpc) is 3.12. The number of Topliss-reactive ketones (excluding diaryl/α,β-unsaturated/α-hetero) is 1. The lowest BCUT2D eigenvalue weighted by Crippen LogP contribution is -1.97. The van der Waals surface area contributed by atoms with E-state index in [2.05, 4.69) is 11.1 Å². The van der Waals surface area contributed by atoms with Crippen LogP contribution >= 0.6 is 0 Å². The number of aryl methyl sites for hydroxylation is 1. The van der Waals surface area contributed by atoms with Crippen LogP contribution in [-0.2, 0) is 0 Å². The quantitative estimate of drug-likeness (QED) is 0.380. The summed E-state index contributed by atoms with van der Waals surface area (Å²) in [5.74, 6) is 2.44. The Labute approximate surface area is 178 Å². The van der Waals surface area contributed by atoms with Gasteiger partial charge in [0.05, 0.1) is 25.3 Å². The zero-order chi connectivity index (χ0) is 22.1. The highest BCUT2D eigenvalue weighted by atomic mass is 16.5. The molecule has 31 heavy (non-hydrogen) atoms. The van der Waals surface area contributed by atoms with E-state index in [1.807, 2.05) is 6.92 Å². The maximum absolute atomic E-state index is 12.3. The van der Waals surface area contributed by atoms with Gasteiger partial charge in [-0.3, -0.25) is 9.78 Å². The fraction of sp³-hybridized carbons (Fsp3) is 0.208. The Morgan fingerprint density at radius 3 is 2.55 bits per heavy atom. The molecular weight excluding hydrogens is 396 g/mol. The van der Waals surface area contributed by atoms with E-state index in [1.54, 1.807) is 44.4 Å². The molecule has 0 N–H and O–H groups in total. The Morgan fingerprint density at radius 1 is 1.13 bits per heavy atom. The number of nitriles is 1. The first-order valence-corrected chi connectivity index (χ1v) is 9.69. The Hall–Kier alpha value is -4.05. The van der Waals surface area contributed by atoms with Gasteiger partial charge in [-0.25, -0.2) is 0 Å². The second-order valence-electron chi connectivity index (χ2n) is 6.91. The maximum Gasteiger partial charge on any atom is 0.166 e. The molecule has 4 rings (SSSR count). The van der Waals surface area contributed by atoms with E-state index in [0.717, 1.165) is 5.39 Å². The predicted octanol–water partition coefficient (Wildman–Crippen LogP) is 5.56. The van der Waals surface area contributed by atoms with Crippen LogP contribution in [0.25, 0.3) is 21.9 Å². The van der Waals surface area contributed by atoms with Gasteiger partial charge in [0.2, 0.25) is 0 Å². The van der Waals surface area contributed by atoms with E-state index in [9.17, 15) is 10.1 Å². The van der Waals surface area contributed by atoms with E-state index in [0.29, 0.717) is 57.2 Å². The van der Waals surface area contributed by atoms with Gasteiger partial charge in [-0.2, -0.15) is 5.26 Å². The number of ketones is 1. The Kier molecular flexibility index (Phi) is 5.22. The number of furan rings is 1. The number of benzene rings is 2. The van der Waals surface area contributed by atoms with Gasteiger partial charge >= 0.3 is 0 Å². The minimum Gasteiger partial charge on any atom is -0.493 e. The van der Waals surface area contributed by atoms with Crippen molar-refractivity contribution in [2.24, 2.45) is 0 Å². The Bertz CT molecular complexity index is 1360. The molecule has 0 fully saturated rings. The van der Waals surface area contributed by atoms with Crippen molar-refractivity contribution in [2.75, 3.05) is 14.2 Å². The van der Waals surface area contributed by atoms with Crippen molar-refractivity contribution in [3.8, 4) is 29.1 Å². The Balaban J connectivity index is 1.85. The average molecular weight is 416 g/mol. The lowest BCUT2D eigenvalue weighted by atomic mass is 10.1. The van der Waals surface area contributed by atoms with Crippen molar-refractivity contribution >= 4 is 27.7 Å². The van der Waals surface area contributed by atoms with E-state index in [-0.39, 0.29) is 11.3 Å². The van der Waals surface area contributed by atoms with Gasteiger partial charge < -0.3 is 18.6 Å². The van der Waals surface area contributed by atoms with Gasteiger partial charge in [0.15, 0.2) is 23.0 Å². The normalized spacial score (nSPS) is 10.8. The second-order valence-corrected chi connectivity index (χ2v) is 6.91. The molecule has 0 radical (unpaired) electrons. The van der Waals surface area contributed by atoms with Crippen molar-refractivity contribution < 1.29 is 23.4 Å². The molecule has 0 aliphatic heterocycles. The molecule has 0 saturated carbocycles. The molecule has 0 bridgehead atoms. The topological polar surface area (TPSA) is 94.6 Å². The lowest BCUT2D eigenvalue weighted by molar-refractivity contribution is 0.0988. The molecule has 2 heterocycles. The summed E-state index contributed by atoms with van der Waals surface area (Å²) >= 11 is 0. The van der Waals surface area contributed by atoms with E-state index < -0.39 is 0 Å². The standard InChI is InChI=1S/C24H20N2O5/c1-5-19(27)23-13(2)30-20-8-15(6-7-16(20)23)31-24-14(11-25)12-26-18-10-22(29-4)21(28-3)9-17(18)24/h6-10,12H,5H2,1-4H3. The summed E-state index contributed by atoms with van der Waals surface area (Å²) in [5, 5.41) is 10.9. The summed E-state index contributed by atoms with van der Waals surface area (Å²) in [6, 6.07) is 10.8. The van der Waals surface area contributed by atoms with Crippen LogP contribution in [0.3, 0.4) is 0 Å². The number of hydrogen-bond acceptors (Lipinski definition) is 7. The van der Waals surface area contributed by atoms with Crippen LogP contribution in [0, 0.1) is 18.3 Å². The Morgan fingerprint density at radius 2 is 1.87 bits per heavy atom. The van der Waals surface area contributed by atoms with E-state index in [4.69, 9.17) is 18.6 Å². The molecule has 0 atom stereocenters. The molecule has 0 unspecified atom stereocenters. The molecule has 0 saturated heterocycles. The van der Waals surface area contributed by atoms with Gasteiger partial charge in [0, 0.05) is 35.5 Å². The number of rotatable bonds is 6. The van der Waals surface area contributed by atoms with Crippen LogP contribution < -0.4 is 14.2 Å². The van der Waals surface area contributed by atoms with Crippen molar-refractivity contribution in [1.29, 1.82) is 5.26 Å². The van der Waals surface area contributed by atoms with Gasteiger partial charge in [-0.1, -0.05) is 6.92 Å². The number of carbonyl (C=O) groups is 1. The molecule has 156 valence electrons. The maximum atomic E-state index is 12.3. The van der Waals surface area contributed by atoms with E-state index in [1.165, 1.54) is 13.3 Å². The summed E-state index contributed by atoms with van der Waals surface area (Å²) in [6.07, 6.45) is 1.85. The van der Waals surface area contributed by atoms with Crippen LogP contribution in [0.4, 0.5) is 0 Å². The monoisotopic (exact) mass is 416 g/mol. The third-order valence-electron chi connectivity index (χ3n) is 5.10. The SMILES string of the molecule is CCC(=O)c1c(C)oc2cc(Oc3c(C#N)cnc4cc(OC)c(OC)cc34)ccc12. The van der Waals surface area contributed by atoms with Gasteiger partial charge in [-0.15, -0.1) is 0 Å². The molecule has 7 nitrogen and oxygen atoms in total. The van der Waals surface area contributed by atoms with Crippen LogP contribution in [0.5, 0.6) is 23.0 Å². The molecule has 2 aromatic heterocycles. The molecule has 0 aliphatic carbocycles. The number of hydrogen-bond donors (Lipinski definition) is 0. The van der Waals surface area contributed by atoms with E-state index >= 15 is 0 Å². The number of fused-ring (bicyclic) bond motifs is 2. The zero-order valence-electron chi connectivity index (χ0n) is 17.6. The number of carbonyl (C=O) groups excluding carboxylic acids is 1. The molecule has 0 aliphatic rings. The minimum absolute atomic E-state index is 0.0258. The van der Waals surface area contributed by atoms with Gasteiger partial charge in [-0.05, 0) is 25.1 Å². The van der Waals surface area contributed by atoms with Crippen LogP contribution in [-0.4, -0.2) is 25.0 Å². The van der Waals surface area contributed by atoms with Crippen molar-refractivity contribution in [2.45, 2.75) is 20.3 Å². The summed E-state index contributed by atoms with van der Waals surface area (Å²) in [4.78, 5) is 16.6. The molecule has 0 amide bonds. The van der Waals surface area contributed by atoms with Gasteiger partial charge in [0.25, 0.3) is 0 Å². The predicted molar refractivity (Wildman–Crippen MR) is 115 cm³/mol.